The van der Waals surface area contributed by atoms with Gasteiger partial charge in [0.15, 0.2) is 0 Å². The average molecular weight is 805 g/mol. The van der Waals surface area contributed by atoms with Gasteiger partial charge < -0.3 is 44.9 Å². The highest BCUT2D eigenvalue weighted by atomic mass is 16.5. The lowest BCUT2D eigenvalue weighted by Gasteiger charge is -2.30. The zero-order chi connectivity index (χ0) is 41.7. The Hall–Kier alpha value is -5.96. The molecule has 3 aliphatic heterocycles. The van der Waals surface area contributed by atoms with E-state index in [1.54, 1.807) is 6.92 Å². The van der Waals surface area contributed by atoms with Gasteiger partial charge in [-0.15, -0.1) is 0 Å². The van der Waals surface area contributed by atoms with Crippen molar-refractivity contribution in [1.29, 1.82) is 0 Å². The molecule has 0 aliphatic carbocycles. The standard InChI is InChI=1S/C44H52N8O7/c1-22(2)38(50-44(57)58-6)42(54)52-18-24(4)12-36(52)41-46-32-10-8-26-14-31-29-9-7-27(13-28(29)21-59-37(31)15-30(26)39(32)49-41)33-16-45-40(47-33)35-11-23(3)17-51(35)19-34(25(5)20-53)48-43(55)56/h7-10,13-16,20,22-25,34-36,38,48H,11-12,17-19,21H2,1-6H3,(H,45,47)(H,46,49)(H,50,57)(H,55,56)/t23?,24-,25?,34+,35-,36-,38-/m0/s1. The zero-order valence-corrected chi connectivity index (χ0v) is 34.2. The van der Waals surface area contributed by atoms with Crippen LogP contribution in [0.3, 0.4) is 0 Å². The second-order valence-corrected chi connectivity index (χ2v) is 17.1. The Balaban J connectivity index is 1.04. The Labute approximate surface area is 342 Å². The zero-order valence-electron chi connectivity index (χ0n) is 34.2. The molecule has 2 saturated heterocycles. The number of methoxy groups -OCH3 is 1. The maximum Gasteiger partial charge on any atom is 0.407 e. The lowest BCUT2D eigenvalue weighted by atomic mass is 9.92. The van der Waals surface area contributed by atoms with Crippen LogP contribution in [-0.4, -0.2) is 98.0 Å². The summed E-state index contributed by atoms with van der Waals surface area (Å²) in [7, 11) is 1.29. The molecule has 0 radical (unpaired) electrons. The van der Waals surface area contributed by atoms with Gasteiger partial charge in [-0.1, -0.05) is 52.8 Å². The number of aldehydes is 1. The third kappa shape index (κ3) is 7.71. The number of likely N-dealkylation sites (tertiary alicyclic amines) is 2. The normalized spacial score (nSPS) is 21.8. The minimum absolute atomic E-state index is 0.0371. The van der Waals surface area contributed by atoms with Crippen LogP contribution in [-0.2, 0) is 20.9 Å². The monoisotopic (exact) mass is 804 g/mol. The molecule has 15 heteroatoms. The number of hydrogen-bond acceptors (Lipinski definition) is 9. The van der Waals surface area contributed by atoms with E-state index >= 15 is 0 Å². The number of ether oxygens (including phenoxy) is 2. The van der Waals surface area contributed by atoms with Crippen molar-refractivity contribution < 1.29 is 33.8 Å². The van der Waals surface area contributed by atoms with Crippen LogP contribution in [0.2, 0.25) is 0 Å². The van der Waals surface area contributed by atoms with Gasteiger partial charge in [0, 0.05) is 36.5 Å². The van der Waals surface area contributed by atoms with Crippen molar-refractivity contribution in [1.82, 2.24) is 40.4 Å². The van der Waals surface area contributed by atoms with Gasteiger partial charge in [-0.2, -0.15) is 0 Å². The fraction of sp³-hybridized carbons (Fsp3) is 0.455. The number of aromatic amines is 2. The number of alkyl carbamates (subject to hydrolysis) is 1. The van der Waals surface area contributed by atoms with Crippen molar-refractivity contribution in [3.8, 4) is 28.1 Å². The van der Waals surface area contributed by atoms with Crippen LogP contribution in [0.4, 0.5) is 9.59 Å². The molecular weight excluding hydrogens is 753 g/mol. The average Bonchev–Trinajstić information content (AvgIpc) is 4.03. The summed E-state index contributed by atoms with van der Waals surface area (Å²) in [5.41, 5.74) is 6.68. The molecule has 0 spiro atoms. The second kappa shape index (κ2) is 16.0. The van der Waals surface area contributed by atoms with E-state index in [0.717, 1.165) is 87.0 Å². The number of carbonyl (C=O) groups is 4. The predicted molar refractivity (Wildman–Crippen MR) is 222 cm³/mol. The van der Waals surface area contributed by atoms with Gasteiger partial charge in [-0.25, -0.2) is 19.6 Å². The summed E-state index contributed by atoms with van der Waals surface area (Å²) in [4.78, 5) is 70.1. The quantitative estimate of drug-likeness (QED) is 0.0886. The molecule has 15 nitrogen and oxygen atoms in total. The molecule has 8 rings (SSSR count). The highest BCUT2D eigenvalue weighted by molar-refractivity contribution is 6.07. The SMILES string of the molecule is COC(=O)N[C@H](C(=O)N1C[C@@H](C)C[C@H]1c1nc2ccc3cc4c(cc3c2[nH]1)OCc1cc(-c2cnc([C@@H]3CC(C)CN3C[C@@H](NC(=O)O)C(C)C=O)[nH]2)ccc1-4)C(C)C. The van der Waals surface area contributed by atoms with Gasteiger partial charge in [0.25, 0.3) is 0 Å². The van der Waals surface area contributed by atoms with E-state index in [2.05, 4.69) is 75.7 Å². The first-order valence-corrected chi connectivity index (χ1v) is 20.4. The summed E-state index contributed by atoms with van der Waals surface area (Å²) in [6.07, 6.45) is 2.47. The fourth-order valence-electron chi connectivity index (χ4n) is 9.19. The number of nitrogens with one attached hydrogen (secondary N) is 4. The van der Waals surface area contributed by atoms with Gasteiger partial charge in [-0.05, 0) is 76.9 Å². The summed E-state index contributed by atoms with van der Waals surface area (Å²) in [6.45, 7) is 12.0. The number of H-pyrrole nitrogens is 2. The minimum atomic E-state index is -1.14. The first-order valence-electron chi connectivity index (χ1n) is 20.4. The number of hydrogen-bond donors (Lipinski definition) is 5. The lowest BCUT2D eigenvalue weighted by Crippen LogP contribution is -2.51. The summed E-state index contributed by atoms with van der Waals surface area (Å²) < 4.78 is 11.2. The lowest BCUT2D eigenvalue weighted by molar-refractivity contribution is -0.135. The fourth-order valence-corrected chi connectivity index (χ4v) is 9.19. The van der Waals surface area contributed by atoms with E-state index in [9.17, 15) is 24.3 Å². The highest BCUT2D eigenvalue weighted by Crippen LogP contribution is 2.44. The van der Waals surface area contributed by atoms with E-state index in [-0.39, 0.29) is 29.8 Å². The highest BCUT2D eigenvalue weighted by Gasteiger charge is 2.41. The number of amides is 3. The van der Waals surface area contributed by atoms with E-state index in [4.69, 9.17) is 19.4 Å². The van der Waals surface area contributed by atoms with Gasteiger partial charge in [-0.3, -0.25) is 9.69 Å². The van der Waals surface area contributed by atoms with Crippen molar-refractivity contribution >= 4 is 46.2 Å². The molecule has 59 heavy (non-hydrogen) atoms. The molecule has 3 aliphatic rings. The third-order valence-corrected chi connectivity index (χ3v) is 12.3. The van der Waals surface area contributed by atoms with Gasteiger partial charge in [0.2, 0.25) is 5.91 Å². The number of imidazole rings is 2. The van der Waals surface area contributed by atoms with Crippen molar-refractivity contribution in [3.63, 3.8) is 0 Å². The number of carboxylic acid groups (broad SMARTS) is 1. The summed E-state index contributed by atoms with van der Waals surface area (Å²) in [6, 6.07) is 13.1. The third-order valence-electron chi connectivity index (χ3n) is 12.3. The molecule has 5 aromatic rings. The molecule has 3 amide bonds. The smallest absolute Gasteiger partial charge is 0.407 e. The first-order chi connectivity index (χ1) is 28.3. The van der Waals surface area contributed by atoms with Crippen molar-refractivity contribution in [2.24, 2.45) is 23.7 Å². The van der Waals surface area contributed by atoms with Gasteiger partial charge in [0.05, 0.1) is 48.2 Å². The summed E-state index contributed by atoms with van der Waals surface area (Å²) in [5.74, 6) is 2.19. The topological polar surface area (TPSA) is 195 Å². The number of rotatable bonds is 11. The molecule has 2 fully saturated rings. The Morgan fingerprint density at radius 2 is 1.76 bits per heavy atom. The van der Waals surface area contributed by atoms with Crippen LogP contribution in [0.25, 0.3) is 44.2 Å². The number of benzene rings is 3. The number of carbonyl (C=O) groups excluding carboxylic acids is 3. The Morgan fingerprint density at radius 3 is 2.51 bits per heavy atom. The molecular formula is C44H52N8O7. The Morgan fingerprint density at radius 1 is 0.983 bits per heavy atom. The molecule has 0 saturated carbocycles. The molecule has 3 aromatic carbocycles. The number of aromatic nitrogens is 4. The number of nitrogens with zero attached hydrogens (tertiary/aromatic N) is 4. The van der Waals surface area contributed by atoms with E-state index < -0.39 is 30.2 Å². The van der Waals surface area contributed by atoms with Gasteiger partial charge in [0.1, 0.15) is 36.3 Å². The van der Waals surface area contributed by atoms with E-state index in [1.807, 2.05) is 31.0 Å². The van der Waals surface area contributed by atoms with Crippen molar-refractivity contribution in [3.05, 3.63) is 65.9 Å². The molecule has 2 aromatic heterocycles. The molecule has 7 atom stereocenters. The van der Waals surface area contributed by atoms with Crippen molar-refractivity contribution in [2.75, 3.05) is 26.7 Å². The van der Waals surface area contributed by atoms with Crippen LogP contribution < -0.4 is 15.4 Å². The Bertz CT molecular complexity index is 2420. The van der Waals surface area contributed by atoms with E-state index in [1.165, 1.54) is 7.11 Å². The Kier molecular flexibility index (Phi) is 10.8. The number of fused-ring (bicyclic) bond motifs is 6. The second-order valence-electron chi connectivity index (χ2n) is 17.1. The maximum absolute atomic E-state index is 13.9. The van der Waals surface area contributed by atoms with Crippen LogP contribution in [0, 0.1) is 23.7 Å². The molecule has 2 unspecified atom stereocenters. The molecule has 5 heterocycles. The summed E-state index contributed by atoms with van der Waals surface area (Å²) >= 11 is 0. The first kappa shape index (κ1) is 39.8. The van der Waals surface area contributed by atoms with Crippen LogP contribution in [0.1, 0.15) is 76.8 Å². The van der Waals surface area contributed by atoms with Crippen molar-refractivity contribution in [2.45, 2.75) is 78.2 Å². The van der Waals surface area contributed by atoms with Crippen LogP contribution in [0.5, 0.6) is 5.75 Å². The molecule has 5 N–H and O–H groups in total. The molecule has 310 valence electrons. The maximum atomic E-state index is 13.9. The molecule has 0 bridgehead atoms. The minimum Gasteiger partial charge on any atom is -0.488 e. The van der Waals surface area contributed by atoms with Crippen LogP contribution in [0.15, 0.2) is 48.7 Å². The van der Waals surface area contributed by atoms with Crippen LogP contribution >= 0.6 is 0 Å². The van der Waals surface area contributed by atoms with E-state index in [0.29, 0.717) is 31.4 Å². The van der Waals surface area contributed by atoms with Gasteiger partial charge >= 0.3 is 12.2 Å². The predicted octanol–water partition coefficient (Wildman–Crippen LogP) is 6.81. The summed E-state index contributed by atoms with van der Waals surface area (Å²) in [5, 5.41) is 16.7. The largest absolute Gasteiger partial charge is 0.488 e.